The largest absolute Gasteiger partial charge is 0.459 e. The Hall–Kier alpha value is -4.46. The maximum Gasteiger partial charge on any atom is 0.316 e. The van der Waals surface area contributed by atoms with Gasteiger partial charge in [0.2, 0.25) is 5.91 Å². The second kappa shape index (κ2) is 21.7. The van der Waals surface area contributed by atoms with Gasteiger partial charge in [0.05, 0.1) is 55.1 Å². The first-order valence-corrected chi connectivity index (χ1v) is 22.2. The van der Waals surface area contributed by atoms with Crippen LogP contribution in [0.15, 0.2) is 45.3 Å². The van der Waals surface area contributed by atoms with Crippen molar-refractivity contribution in [2.24, 2.45) is 33.8 Å². The molecule has 3 aliphatic heterocycles. The van der Waals surface area contributed by atoms with E-state index in [1.807, 2.05) is 38.9 Å². The lowest BCUT2D eigenvalue weighted by atomic mass is 9.73. The van der Waals surface area contributed by atoms with Crippen molar-refractivity contribution in [1.82, 2.24) is 15.0 Å². The van der Waals surface area contributed by atoms with Crippen LogP contribution in [0.4, 0.5) is 0 Å². The molecule has 354 valence electrons. The lowest BCUT2D eigenvalue weighted by Gasteiger charge is -2.48. The minimum Gasteiger partial charge on any atom is -0.459 e. The Morgan fingerprint density at radius 1 is 1.03 bits per heavy atom. The maximum absolute atomic E-state index is 14.7. The van der Waals surface area contributed by atoms with Gasteiger partial charge in [-0.1, -0.05) is 44.9 Å². The van der Waals surface area contributed by atoms with Gasteiger partial charge in [-0.3, -0.25) is 24.2 Å². The van der Waals surface area contributed by atoms with Crippen molar-refractivity contribution in [3.63, 3.8) is 0 Å². The van der Waals surface area contributed by atoms with Crippen LogP contribution in [0.5, 0.6) is 0 Å². The van der Waals surface area contributed by atoms with Gasteiger partial charge in [-0.25, -0.2) is 4.99 Å². The van der Waals surface area contributed by atoms with Gasteiger partial charge in [0, 0.05) is 48.7 Å². The number of aliphatic imine (C=N–C) groups is 1. The lowest BCUT2D eigenvalue weighted by molar-refractivity contribution is -0.298. The van der Waals surface area contributed by atoms with E-state index < -0.39 is 89.2 Å². The van der Waals surface area contributed by atoms with Crippen LogP contribution < -0.4 is 0 Å². The molecule has 18 nitrogen and oxygen atoms in total. The lowest BCUT2D eigenvalue weighted by Crippen LogP contribution is -2.60. The number of ether oxygens (including phenoxy) is 6. The van der Waals surface area contributed by atoms with Crippen molar-refractivity contribution in [2.45, 2.75) is 156 Å². The number of hydrogen-bond acceptors (Lipinski definition) is 17. The molecule has 13 atom stereocenters. The number of Topliss-reactive ketones (excluding diaryl/α,β-unsaturated/α-hetero) is 1. The highest BCUT2D eigenvalue weighted by Gasteiger charge is 2.53. The van der Waals surface area contributed by atoms with Crippen molar-refractivity contribution >= 4 is 35.1 Å². The molecule has 1 amide bonds. The summed E-state index contributed by atoms with van der Waals surface area (Å²) >= 11 is 0. The predicted molar refractivity (Wildman–Crippen MR) is 233 cm³/mol. The van der Waals surface area contributed by atoms with Crippen molar-refractivity contribution in [2.75, 3.05) is 27.3 Å². The third kappa shape index (κ3) is 11.9. The molecule has 3 aliphatic rings. The van der Waals surface area contributed by atoms with E-state index in [0.29, 0.717) is 23.6 Å². The number of aliphatic hydroxyl groups is 1. The molecule has 3 fully saturated rings. The predicted octanol–water partition coefficient (Wildman–Crippen LogP) is 5.13. The van der Waals surface area contributed by atoms with Crippen LogP contribution in [0.1, 0.15) is 101 Å². The van der Waals surface area contributed by atoms with E-state index in [1.54, 1.807) is 59.1 Å². The summed E-state index contributed by atoms with van der Waals surface area (Å²) in [7, 11) is 3.74. The molecule has 2 aromatic rings. The van der Waals surface area contributed by atoms with Gasteiger partial charge < -0.3 is 47.8 Å². The first-order valence-electron chi connectivity index (χ1n) is 22.2. The van der Waals surface area contributed by atoms with Gasteiger partial charge in [-0.2, -0.15) is 0 Å². The zero-order chi connectivity index (χ0) is 47.1. The molecule has 5 rings (SSSR count). The molecule has 2 aromatic heterocycles. The van der Waals surface area contributed by atoms with E-state index in [1.165, 1.54) is 20.8 Å². The fourth-order valence-electron chi connectivity index (χ4n) is 9.16. The van der Waals surface area contributed by atoms with Gasteiger partial charge in [0.1, 0.15) is 23.3 Å². The number of carbonyl (C=O) groups is 4. The number of fused-ring (bicyclic) bond motifs is 5. The monoisotopic (exact) mass is 897 g/mol. The van der Waals surface area contributed by atoms with Crippen molar-refractivity contribution < 1.29 is 62.1 Å². The zero-order valence-corrected chi connectivity index (χ0v) is 39.3. The van der Waals surface area contributed by atoms with Crippen molar-refractivity contribution in [3.8, 4) is 11.3 Å². The quantitative estimate of drug-likeness (QED) is 0.186. The van der Waals surface area contributed by atoms with Crippen molar-refractivity contribution in [1.29, 1.82) is 0 Å². The van der Waals surface area contributed by atoms with Crippen LogP contribution in [-0.2, 0) is 59.0 Å². The highest BCUT2D eigenvalue weighted by atomic mass is 16.7. The second-order valence-corrected chi connectivity index (χ2v) is 18.0. The van der Waals surface area contributed by atoms with Crippen LogP contribution in [0, 0.1) is 23.7 Å². The standard InChI is InChI=1S/C46H67N5O13/c1-13-36-46(10,56)42-27(5)38(49-37(53)14-2)25(3)20-45(9,58-23-33(22-57-42)50-59-24-32-16-15-31(21-47-32)35-17-18-48-64-35)41(28(6)39(54)29(7)43(55)62-36)63-44-40(61-30(8)52)34(51(11)12)19-26(4)60-44/h15-18,21,25-29,34,36,40-42,44,56H,13-14,19-20,22-24H2,1-12H3/b49-38?,50-33+/t25-,26-,27+,28+,29-,34+,36-,40-,41-,42-,44+,45-,46-/m1/s1. The van der Waals surface area contributed by atoms with E-state index in [0.717, 1.165) is 5.56 Å². The van der Waals surface area contributed by atoms with E-state index in [2.05, 4.69) is 20.3 Å². The summed E-state index contributed by atoms with van der Waals surface area (Å²) in [5, 5.41) is 20.7. The van der Waals surface area contributed by atoms with Crippen LogP contribution in [-0.4, -0.2) is 137 Å². The molecule has 3 saturated heterocycles. The Balaban J connectivity index is 1.67. The summed E-state index contributed by atoms with van der Waals surface area (Å²) in [5.74, 6) is -5.43. The summed E-state index contributed by atoms with van der Waals surface area (Å²) in [4.78, 5) is 71.5. The number of ketones is 1. The van der Waals surface area contributed by atoms with Crippen LogP contribution >= 0.6 is 0 Å². The van der Waals surface area contributed by atoms with Crippen LogP contribution in [0.3, 0.4) is 0 Å². The molecule has 2 bridgehead atoms. The number of aromatic nitrogens is 2. The number of nitrogens with zero attached hydrogens (tertiary/aromatic N) is 5. The third-order valence-electron chi connectivity index (χ3n) is 12.6. The van der Waals surface area contributed by atoms with Crippen molar-refractivity contribution in [3.05, 3.63) is 36.3 Å². The fraction of sp³-hybridized carbons (Fsp3) is 0.696. The fourth-order valence-corrected chi connectivity index (χ4v) is 9.16. The van der Waals surface area contributed by atoms with E-state index in [4.69, 9.17) is 37.8 Å². The Bertz CT molecular complexity index is 1970. The second-order valence-electron chi connectivity index (χ2n) is 18.0. The Morgan fingerprint density at radius 3 is 2.38 bits per heavy atom. The molecular formula is C46H67N5O13. The van der Waals surface area contributed by atoms with E-state index in [-0.39, 0.29) is 56.9 Å². The van der Waals surface area contributed by atoms with Gasteiger partial charge in [0.15, 0.2) is 30.5 Å². The molecular weight excluding hydrogens is 831 g/mol. The molecule has 0 unspecified atom stereocenters. The highest BCUT2D eigenvalue weighted by molar-refractivity contribution is 6.00. The molecule has 64 heavy (non-hydrogen) atoms. The van der Waals surface area contributed by atoms with Gasteiger partial charge >= 0.3 is 11.9 Å². The first-order chi connectivity index (χ1) is 30.2. The number of oxime groups is 1. The topological polar surface area (TPSA) is 220 Å². The summed E-state index contributed by atoms with van der Waals surface area (Å²) in [6.07, 6.45) is -1.88. The number of carbonyl (C=O) groups excluding carboxylic acids is 4. The molecule has 5 heterocycles. The minimum absolute atomic E-state index is 0.0349. The molecule has 0 aromatic carbocycles. The van der Waals surface area contributed by atoms with Crippen LogP contribution in [0.2, 0.25) is 0 Å². The number of cyclic esters (lactones) is 1. The number of hydrogen-bond donors (Lipinski definition) is 1. The van der Waals surface area contributed by atoms with Gasteiger partial charge in [-0.05, 0) is 79.1 Å². The molecule has 0 saturated carbocycles. The number of esters is 2. The number of amides is 1. The van der Waals surface area contributed by atoms with E-state index in [9.17, 15) is 24.3 Å². The first kappa shape index (κ1) is 50.5. The number of likely N-dealkylation sites (N-methyl/N-ethyl adjacent to an activating group) is 1. The minimum atomic E-state index is -1.88. The van der Waals surface area contributed by atoms with E-state index >= 15 is 0 Å². The average molecular weight is 898 g/mol. The third-order valence-corrected chi connectivity index (χ3v) is 12.6. The number of rotatable bonds is 10. The van der Waals surface area contributed by atoms with Gasteiger partial charge in [-0.15, -0.1) is 0 Å². The highest BCUT2D eigenvalue weighted by Crippen LogP contribution is 2.40. The zero-order valence-electron chi connectivity index (χ0n) is 39.3. The summed E-state index contributed by atoms with van der Waals surface area (Å²) in [6, 6.07) is 4.98. The molecule has 0 radical (unpaired) electrons. The molecule has 0 aliphatic carbocycles. The Morgan fingerprint density at radius 2 is 1.77 bits per heavy atom. The SMILES string of the molecule is CCC(=O)N=C1[C@H](C)C[C@@]2(C)OC/C(=N/OCc3ccc(-c4ccno4)cn3)CO[C@H]([C@H]1C)[C@](C)(O)[C@@H](CC)OC(=O)[C@H](C)C(=O)[C@H](C)[C@H]2O[C@@H]1O[C@H](C)C[C@H](N(C)C)[C@H]1OC(C)=O. The Labute approximate surface area is 375 Å². The normalized spacial score (nSPS) is 35.9. The molecule has 0 spiro atoms. The Kier molecular flexibility index (Phi) is 17.1. The smallest absolute Gasteiger partial charge is 0.316 e. The molecule has 18 heteroatoms. The number of pyridine rings is 1. The summed E-state index contributed by atoms with van der Waals surface area (Å²) in [6.45, 7) is 16.2. The maximum atomic E-state index is 14.7. The summed E-state index contributed by atoms with van der Waals surface area (Å²) < 4.78 is 44.1. The molecule has 1 N–H and O–H groups in total. The average Bonchev–Trinajstić information content (AvgIpc) is 3.79. The summed E-state index contributed by atoms with van der Waals surface area (Å²) in [5.41, 5.74) is -1.39. The van der Waals surface area contributed by atoms with Crippen LogP contribution in [0.25, 0.3) is 11.3 Å². The van der Waals surface area contributed by atoms with Gasteiger partial charge in [0.25, 0.3) is 0 Å².